The highest BCUT2D eigenvalue weighted by molar-refractivity contribution is 6.03. The van der Waals surface area contributed by atoms with Gasteiger partial charge in [0.2, 0.25) is 5.95 Å². The normalized spacial score (nSPS) is 10.6. The number of para-hydroxylation sites is 2. The molecule has 134 valence electrons. The Bertz CT molecular complexity index is 718. The Morgan fingerprint density at radius 2 is 2.00 bits per heavy atom. The molecule has 1 heterocycles. The van der Waals surface area contributed by atoms with Gasteiger partial charge in [-0.2, -0.15) is 0 Å². The minimum absolute atomic E-state index is 0.298. The predicted molar refractivity (Wildman–Crippen MR) is 99.4 cm³/mol. The van der Waals surface area contributed by atoms with Crippen molar-refractivity contribution in [3.63, 3.8) is 0 Å². The highest BCUT2D eigenvalue weighted by Gasteiger charge is 2.13. The minimum atomic E-state index is -0.298. The van der Waals surface area contributed by atoms with Crippen molar-refractivity contribution in [3.8, 4) is 5.75 Å². The van der Waals surface area contributed by atoms with Crippen molar-refractivity contribution < 1.29 is 9.53 Å². The van der Waals surface area contributed by atoms with Crippen LogP contribution in [0.15, 0.2) is 30.3 Å². The molecule has 0 aliphatic heterocycles. The van der Waals surface area contributed by atoms with Gasteiger partial charge in [0.1, 0.15) is 11.4 Å². The Kier molecular flexibility index (Phi) is 6.71. The van der Waals surface area contributed by atoms with E-state index in [1.54, 1.807) is 12.1 Å². The Morgan fingerprint density at radius 3 is 2.72 bits per heavy atom. The van der Waals surface area contributed by atoms with Crippen LogP contribution in [0.5, 0.6) is 5.75 Å². The van der Waals surface area contributed by atoms with E-state index in [9.17, 15) is 4.79 Å². The third-order valence-corrected chi connectivity index (χ3v) is 3.36. The van der Waals surface area contributed by atoms with Crippen LogP contribution in [0.4, 0.5) is 11.6 Å². The molecule has 0 fully saturated rings. The summed E-state index contributed by atoms with van der Waals surface area (Å²) in [7, 11) is 3.99. The SMILES string of the molecule is CCOc1ccccc1NC(=O)c1cc(C)nc(NCCN(C)C)n1. The monoisotopic (exact) mass is 343 g/mol. The molecular formula is C18H25N5O2. The lowest BCUT2D eigenvalue weighted by Gasteiger charge is -2.13. The molecule has 0 saturated heterocycles. The molecule has 1 aromatic carbocycles. The number of carbonyl (C=O) groups excluding carboxylic acids is 1. The standard InChI is InChI=1S/C18H25N5O2/c1-5-25-16-9-7-6-8-14(16)21-17(24)15-12-13(2)20-18(22-15)19-10-11-23(3)4/h6-9,12H,5,10-11H2,1-4H3,(H,21,24)(H,19,20,22). The van der Waals surface area contributed by atoms with Gasteiger partial charge >= 0.3 is 0 Å². The quantitative estimate of drug-likeness (QED) is 0.766. The summed E-state index contributed by atoms with van der Waals surface area (Å²) in [6.45, 7) is 5.81. The number of carbonyl (C=O) groups is 1. The highest BCUT2D eigenvalue weighted by Crippen LogP contribution is 2.24. The van der Waals surface area contributed by atoms with E-state index in [0.717, 1.165) is 12.2 Å². The highest BCUT2D eigenvalue weighted by atomic mass is 16.5. The second kappa shape index (κ2) is 8.98. The van der Waals surface area contributed by atoms with Gasteiger partial charge in [0.25, 0.3) is 5.91 Å². The van der Waals surface area contributed by atoms with E-state index in [1.165, 1.54) is 0 Å². The van der Waals surface area contributed by atoms with Crippen molar-refractivity contribution in [2.75, 3.05) is 44.4 Å². The van der Waals surface area contributed by atoms with Crippen LogP contribution in [-0.4, -0.2) is 54.6 Å². The van der Waals surface area contributed by atoms with Crippen LogP contribution in [0.1, 0.15) is 23.1 Å². The first-order valence-electron chi connectivity index (χ1n) is 8.27. The van der Waals surface area contributed by atoms with Crippen molar-refractivity contribution in [1.82, 2.24) is 14.9 Å². The maximum absolute atomic E-state index is 12.6. The number of benzene rings is 1. The Balaban J connectivity index is 2.12. The zero-order chi connectivity index (χ0) is 18.2. The molecule has 25 heavy (non-hydrogen) atoms. The molecule has 0 unspecified atom stereocenters. The number of aryl methyl sites for hydroxylation is 1. The number of hydrogen-bond acceptors (Lipinski definition) is 6. The third kappa shape index (κ3) is 5.72. The fourth-order valence-corrected chi connectivity index (χ4v) is 2.19. The van der Waals surface area contributed by atoms with Crippen LogP contribution < -0.4 is 15.4 Å². The number of nitrogens with zero attached hydrogens (tertiary/aromatic N) is 3. The molecule has 7 nitrogen and oxygen atoms in total. The van der Waals surface area contributed by atoms with E-state index in [1.807, 2.05) is 46.1 Å². The van der Waals surface area contributed by atoms with Gasteiger partial charge in [0.15, 0.2) is 0 Å². The van der Waals surface area contributed by atoms with E-state index in [-0.39, 0.29) is 5.91 Å². The second-order valence-corrected chi connectivity index (χ2v) is 5.83. The summed E-state index contributed by atoms with van der Waals surface area (Å²) in [5.74, 6) is 0.784. The predicted octanol–water partition coefficient (Wildman–Crippen LogP) is 2.41. The molecule has 0 saturated carbocycles. The van der Waals surface area contributed by atoms with Crippen LogP contribution >= 0.6 is 0 Å². The summed E-state index contributed by atoms with van der Waals surface area (Å²) in [5, 5.41) is 5.99. The van der Waals surface area contributed by atoms with Gasteiger partial charge < -0.3 is 20.3 Å². The van der Waals surface area contributed by atoms with E-state index < -0.39 is 0 Å². The summed E-state index contributed by atoms with van der Waals surface area (Å²) in [6, 6.07) is 8.99. The van der Waals surface area contributed by atoms with E-state index in [2.05, 4.69) is 25.5 Å². The number of nitrogens with one attached hydrogen (secondary N) is 2. The molecule has 0 spiro atoms. The van der Waals surface area contributed by atoms with Crippen LogP contribution in [0.3, 0.4) is 0 Å². The largest absolute Gasteiger partial charge is 0.492 e. The van der Waals surface area contributed by atoms with Crippen LogP contribution in [0, 0.1) is 6.92 Å². The molecule has 2 rings (SSSR count). The number of hydrogen-bond donors (Lipinski definition) is 2. The van der Waals surface area contributed by atoms with E-state index >= 15 is 0 Å². The number of anilines is 2. The lowest BCUT2D eigenvalue weighted by molar-refractivity contribution is 0.102. The maximum atomic E-state index is 12.6. The summed E-state index contributed by atoms with van der Waals surface area (Å²) >= 11 is 0. The van der Waals surface area contributed by atoms with Crippen molar-refractivity contribution in [1.29, 1.82) is 0 Å². The van der Waals surface area contributed by atoms with Gasteiger partial charge in [-0.25, -0.2) is 9.97 Å². The van der Waals surface area contributed by atoms with Crippen LogP contribution in [0.2, 0.25) is 0 Å². The lowest BCUT2D eigenvalue weighted by atomic mass is 10.2. The van der Waals surface area contributed by atoms with Crippen LogP contribution in [-0.2, 0) is 0 Å². The number of rotatable bonds is 8. The molecule has 2 aromatic rings. The molecule has 0 bridgehead atoms. The van der Waals surface area contributed by atoms with Gasteiger partial charge in [0, 0.05) is 18.8 Å². The van der Waals surface area contributed by atoms with Gasteiger partial charge in [-0.3, -0.25) is 4.79 Å². The fourth-order valence-electron chi connectivity index (χ4n) is 2.19. The Morgan fingerprint density at radius 1 is 1.24 bits per heavy atom. The Labute approximate surface area is 148 Å². The summed E-state index contributed by atoms with van der Waals surface area (Å²) in [4.78, 5) is 23.3. The smallest absolute Gasteiger partial charge is 0.274 e. The van der Waals surface area contributed by atoms with Crippen molar-refractivity contribution in [2.24, 2.45) is 0 Å². The van der Waals surface area contributed by atoms with Crippen molar-refractivity contribution in [3.05, 3.63) is 41.7 Å². The summed E-state index contributed by atoms with van der Waals surface area (Å²) < 4.78 is 5.53. The Hall–Kier alpha value is -2.67. The average Bonchev–Trinajstić information content (AvgIpc) is 2.56. The van der Waals surface area contributed by atoms with Crippen LogP contribution in [0.25, 0.3) is 0 Å². The molecule has 2 N–H and O–H groups in total. The lowest BCUT2D eigenvalue weighted by Crippen LogP contribution is -2.22. The maximum Gasteiger partial charge on any atom is 0.274 e. The molecule has 0 aliphatic carbocycles. The topological polar surface area (TPSA) is 79.4 Å². The number of aromatic nitrogens is 2. The number of amides is 1. The molecule has 0 atom stereocenters. The molecule has 0 radical (unpaired) electrons. The molecule has 0 aliphatic rings. The minimum Gasteiger partial charge on any atom is -0.492 e. The number of likely N-dealkylation sites (N-methyl/N-ethyl adjacent to an activating group) is 1. The molecular weight excluding hydrogens is 318 g/mol. The van der Waals surface area contributed by atoms with Crippen molar-refractivity contribution in [2.45, 2.75) is 13.8 Å². The molecule has 7 heteroatoms. The molecule has 1 aromatic heterocycles. The van der Waals surface area contributed by atoms with Gasteiger partial charge in [0.05, 0.1) is 12.3 Å². The third-order valence-electron chi connectivity index (χ3n) is 3.36. The first kappa shape index (κ1) is 18.7. The van der Waals surface area contributed by atoms with Crippen molar-refractivity contribution >= 4 is 17.5 Å². The summed E-state index contributed by atoms with van der Waals surface area (Å²) in [5.41, 5.74) is 1.66. The van der Waals surface area contributed by atoms with Gasteiger partial charge in [-0.1, -0.05) is 12.1 Å². The zero-order valence-corrected chi connectivity index (χ0v) is 15.2. The second-order valence-electron chi connectivity index (χ2n) is 5.83. The fraction of sp³-hybridized carbons (Fsp3) is 0.389. The number of ether oxygens (including phenoxy) is 1. The summed E-state index contributed by atoms with van der Waals surface area (Å²) in [6.07, 6.45) is 0. The van der Waals surface area contributed by atoms with E-state index in [4.69, 9.17) is 4.74 Å². The van der Waals surface area contributed by atoms with Gasteiger partial charge in [-0.15, -0.1) is 0 Å². The first-order chi connectivity index (χ1) is 12.0. The molecule has 1 amide bonds. The average molecular weight is 343 g/mol. The van der Waals surface area contributed by atoms with E-state index in [0.29, 0.717) is 36.2 Å². The van der Waals surface area contributed by atoms with Gasteiger partial charge in [-0.05, 0) is 46.1 Å². The first-order valence-corrected chi connectivity index (χ1v) is 8.27. The zero-order valence-electron chi connectivity index (χ0n) is 15.2.